The lowest BCUT2D eigenvalue weighted by Crippen LogP contribution is -2.30. The Labute approximate surface area is 118 Å². The van der Waals surface area contributed by atoms with Crippen LogP contribution in [0.5, 0.6) is 0 Å². The highest BCUT2D eigenvalue weighted by atomic mass is 32.1. The van der Waals surface area contributed by atoms with Crippen LogP contribution in [0, 0.1) is 4.64 Å². The summed E-state index contributed by atoms with van der Waals surface area (Å²) in [5, 5.41) is 29.1. The van der Waals surface area contributed by atoms with Crippen LogP contribution in [0.1, 0.15) is 6.04 Å². The average molecular weight is 295 g/mol. The Morgan fingerprint density at radius 1 is 1.45 bits per heavy atom. The van der Waals surface area contributed by atoms with Gasteiger partial charge in [-0.15, -0.1) is 0 Å². The number of imidazole rings is 1. The Balaban J connectivity index is 2.16. The molecule has 0 radical (unpaired) electrons. The number of nitrogens with one attached hydrogen (secondary N) is 1. The van der Waals surface area contributed by atoms with Gasteiger partial charge < -0.3 is 30.6 Å². The minimum atomic E-state index is -1.11. The van der Waals surface area contributed by atoms with Crippen molar-refractivity contribution in [3.63, 3.8) is 0 Å². The summed E-state index contributed by atoms with van der Waals surface area (Å²) in [4.78, 5) is 10.9. The number of aliphatic hydroxyl groups is 3. The molecule has 1 aliphatic rings. The zero-order valence-electron chi connectivity index (χ0n) is 10.3. The third-order valence-electron chi connectivity index (χ3n) is 3.41. The van der Waals surface area contributed by atoms with Gasteiger partial charge in [0.05, 0.1) is 19.0 Å². The minimum Gasteiger partial charge on any atom is -0.392 e. The van der Waals surface area contributed by atoms with E-state index in [0.717, 1.165) is 0 Å². The van der Waals surface area contributed by atoms with E-state index < -0.39 is 18.2 Å². The van der Waals surface area contributed by atoms with Gasteiger partial charge in [-0.3, -0.25) is 0 Å². The Kier molecular flexibility index (Phi) is 3.05. The molecule has 1 aliphatic carbocycles. The SMILES string of the molecule is Nc1nc(=S)c2ncn(C3C=C(CO)C(O)C3O)c2[nH]1. The number of aromatic amines is 1. The van der Waals surface area contributed by atoms with E-state index in [2.05, 4.69) is 15.0 Å². The molecule has 3 atom stereocenters. The first-order chi connectivity index (χ1) is 9.52. The molecule has 0 amide bonds. The molecular weight excluding hydrogens is 282 g/mol. The molecular formula is C11H13N5O3S. The first-order valence-electron chi connectivity index (χ1n) is 5.93. The molecule has 9 heteroatoms. The minimum absolute atomic E-state index is 0.142. The van der Waals surface area contributed by atoms with E-state index in [1.54, 1.807) is 10.6 Å². The van der Waals surface area contributed by atoms with Crippen LogP contribution in [0.15, 0.2) is 18.0 Å². The van der Waals surface area contributed by atoms with Gasteiger partial charge in [-0.2, -0.15) is 0 Å². The molecule has 0 spiro atoms. The smallest absolute Gasteiger partial charge is 0.200 e. The third kappa shape index (κ3) is 1.83. The van der Waals surface area contributed by atoms with Crippen molar-refractivity contribution in [2.45, 2.75) is 18.2 Å². The van der Waals surface area contributed by atoms with Crippen molar-refractivity contribution in [1.29, 1.82) is 0 Å². The maximum absolute atomic E-state index is 10.1. The van der Waals surface area contributed by atoms with E-state index in [4.69, 9.17) is 23.1 Å². The second-order valence-corrected chi connectivity index (χ2v) is 4.99. The van der Waals surface area contributed by atoms with Crippen LogP contribution in [0.2, 0.25) is 0 Å². The fraction of sp³-hybridized carbons (Fsp3) is 0.364. The second-order valence-electron chi connectivity index (χ2n) is 4.60. The molecule has 106 valence electrons. The Morgan fingerprint density at radius 3 is 2.85 bits per heavy atom. The molecule has 0 saturated heterocycles. The molecule has 6 N–H and O–H groups in total. The predicted molar refractivity (Wildman–Crippen MR) is 73.3 cm³/mol. The zero-order valence-corrected chi connectivity index (χ0v) is 11.1. The summed E-state index contributed by atoms with van der Waals surface area (Å²) < 4.78 is 1.87. The highest BCUT2D eigenvalue weighted by Crippen LogP contribution is 2.31. The summed E-state index contributed by atoms with van der Waals surface area (Å²) in [5.41, 5.74) is 6.96. The van der Waals surface area contributed by atoms with Crippen LogP contribution >= 0.6 is 12.2 Å². The number of H-pyrrole nitrogens is 1. The topological polar surface area (TPSA) is 133 Å². The summed E-state index contributed by atoms with van der Waals surface area (Å²) in [6.45, 7) is -0.318. The predicted octanol–water partition coefficient (Wildman–Crippen LogP) is -0.734. The first-order valence-corrected chi connectivity index (χ1v) is 6.33. The number of nitrogens with two attached hydrogens (primary N) is 1. The molecule has 2 heterocycles. The highest BCUT2D eigenvalue weighted by Gasteiger charge is 2.36. The van der Waals surface area contributed by atoms with Gasteiger partial charge in [0, 0.05) is 0 Å². The number of rotatable bonds is 2. The fourth-order valence-electron chi connectivity index (χ4n) is 2.39. The van der Waals surface area contributed by atoms with Gasteiger partial charge in [0.25, 0.3) is 0 Å². The molecule has 2 aromatic rings. The number of nitrogens with zero attached hydrogens (tertiary/aromatic N) is 3. The van der Waals surface area contributed by atoms with Crippen LogP contribution < -0.4 is 5.73 Å². The number of hydrogen-bond donors (Lipinski definition) is 5. The Hall–Kier alpha value is -1.81. The van der Waals surface area contributed by atoms with E-state index in [9.17, 15) is 10.2 Å². The van der Waals surface area contributed by atoms with Crippen molar-refractivity contribution < 1.29 is 15.3 Å². The number of aliphatic hydroxyl groups excluding tert-OH is 3. The van der Waals surface area contributed by atoms with Crippen LogP contribution in [0.25, 0.3) is 11.2 Å². The van der Waals surface area contributed by atoms with E-state index in [-0.39, 0.29) is 17.2 Å². The van der Waals surface area contributed by atoms with Crippen LogP contribution in [0.4, 0.5) is 5.95 Å². The van der Waals surface area contributed by atoms with Crippen LogP contribution in [0.3, 0.4) is 0 Å². The third-order valence-corrected chi connectivity index (χ3v) is 3.69. The molecule has 8 nitrogen and oxygen atoms in total. The van der Waals surface area contributed by atoms with Gasteiger partial charge in [-0.25, -0.2) is 9.97 Å². The van der Waals surface area contributed by atoms with E-state index in [0.29, 0.717) is 16.7 Å². The van der Waals surface area contributed by atoms with Crippen molar-refractivity contribution in [2.24, 2.45) is 0 Å². The van der Waals surface area contributed by atoms with Gasteiger partial charge in [0.1, 0.15) is 23.4 Å². The van der Waals surface area contributed by atoms with Gasteiger partial charge >= 0.3 is 0 Å². The molecule has 3 rings (SSSR count). The number of nitrogen functional groups attached to an aromatic ring is 1. The molecule has 3 unspecified atom stereocenters. The van der Waals surface area contributed by atoms with Gasteiger partial charge in [-0.05, 0) is 5.57 Å². The average Bonchev–Trinajstić information content (AvgIpc) is 2.93. The summed E-state index contributed by atoms with van der Waals surface area (Å²) in [7, 11) is 0. The van der Waals surface area contributed by atoms with Crippen LogP contribution in [-0.2, 0) is 0 Å². The van der Waals surface area contributed by atoms with E-state index >= 15 is 0 Å². The maximum atomic E-state index is 10.1. The van der Waals surface area contributed by atoms with Gasteiger partial charge in [-0.1, -0.05) is 18.3 Å². The summed E-state index contributed by atoms with van der Waals surface area (Å²) >= 11 is 5.07. The summed E-state index contributed by atoms with van der Waals surface area (Å²) in [6, 6.07) is -0.565. The number of hydrogen-bond acceptors (Lipinski definition) is 7. The number of anilines is 1. The molecule has 0 saturated carbocycles. The van der Waals surface area contributed by atoms with Crippen molar-refractivity contribution in [1.82, 2.24) is 19.5 Å². The van der Waals surface area contributed by atoms with E-state index in [1.807, 2.05) is 0 Å². The first kappa shape index (κ1) is 13.2. The Bertz CT molecular complexity index is 752. The van der Waals surface area contributed by atoms with Crippen molar-refractivity contribution in [3.8, 4) is 0 Å². The normalized spacial score (nSPS) is 26.1. The largest absolute Gasteiger partial charge is 0.392 e. The van der Waals surface area contributed by atoms with E-state index in [1.165, 1.54) is 6.33 Å². The molecule has 0 aromatic carbocycles. The second kappa shape index (κ2) is 4.63. The van der Waals surface area contributed by atoms with Crippen molar-refractivity contribution in [3.05, 3.63) is 22.6 Å². The lowest BCUT2D eigenvalue weighted by molar-refractivity contribution is 0.0287. The zero-order chi connectivity index (χ0) is 14.4. The molecule has 2 aromatic heterocycles. The molecule has 0 fully saturated rings. The monoisotopic (exact) mass is 295 g/mol. The Morgan fingerprint density at radius 2 is 2.20 bits per heavy atom. The van der Waals surface area contributed by atoms with Gasteiger partial charge in [0.15, 0.2) is 10.6 Å². The maximum Gasteiger partial charge on any atom is 0.200 e. The van der Waals surface area contributed by atoms with Crippen molar-refractivity contribution in [2.75, 3.05) is 12.3 Å². The molecule has 20 heavy (non-hydrogen) atoms. The molecule has 0 bridgehead atoms. The summed E-state index contributed by atoms with van der Waals surface area (Å²) in [6.07, 6.45) is 0.898. The fourth-order valence-corrected chi connectivity index (χ4v) is 2.64. The van der Waals surface area contributed by atoms with Crippen molar-refractivity contribution >= 4 is 29.3 Å². The van der Waals surface area contributed by atoms with Gasteiger partial charge in [0.2, 0.25) is 0 Å². The lowest BCUT2D eigenvalue weighted by atomic mass is 10.1. The highest BCUT2D eigenvalue weighted by molar-refractivity contribution is 7.71. The lowest BCUT2D eigenvalue weighted by Gasteiger charge is -2.19. The summed E-state index contributed by atoms with van der Waals surface area (Å²) in [5.74, 6) is 0.142. The van der Waals surface area contributed by atoms with Crippen LogP contribution in [-0.4, -0.2) is 53.7 Å². The number of fused-ring (bicyclic) bond motifs is 1. The quantitative estimate of drug-likeness (QED) is 0.364. The standard InChI is InChI=1S/C11H13N5O3S/c12-11-14-9-6(10(20)15-11)13-3-16(9)5-1-4(2-17)7(18)8(5)19/h1,3,5,7-8,17-19H,2H2,(H3,12,14,15,20). The number of aromatic nitrogens is 4. The molecule has 0 aliphatic heterocycles.